The van der Waals surface area contributed by atoms with E-state index in [0.29, 0.717) is 22.5 Å². The highest BCUT2D eigenvalue weighted by Gasteiger charge is 2.66. The maximum atomic E-state index is 12.9. The van der Waals surface area contributed by atoms with Gasteiger partial charge >= 0.3 is 0 Å². The summed E-state index contributed by atoms with van der Waals surface area (Å²) in [6.07, 6.45) is 5.56. The molecule has 1 saturated heterocycles. The Labute approximate surface area is 162 Å². The van der Waals surface area contributed by atoms with Gasteiger partial charge in [0.25, 0.3) is 0 Å². The van der Waals surface area contributed by atoms with Crippen LogP contribution in [0, 0.1) is 42.4 Å². The Kier molecular flexibility index (Phi) is 3.73. The fourth-order valence-corrected chi connectivity index (χ4v) is 5.57. The van der Waals surface area contributed by atoms with Gasteiger partial charge in [-0.1, -0.05) is 29.8 Å². The molecule has 6 atom stereocenters. The molecule has 0 spiro atoms. The van der Waals surface area contributed by atoms with Gasteiger partial charge in [0.1, 0.15) is 0 Å². The summed E-state index contributed by atoms with van der Waals surface area (Å²) in [6, 6.07) is 5.30. The number of imide groups is 1. The predicted molar refractivity (Wildman–Crippen MR) is 101 cm³/mol. The lowest BCUT2D eigenvalue weighted by atomic mass is 9.63. The fourth-order valence-electron chi connectivity index (χ4n) is 5.39. The average Bonchev–Trinajstić information content (AvgIpc) is 3.42. The second-order valence-electron chi connectivity index (χ2n) is 8.24. The smallest absolute Gasteiger partial charge is 0.233 e. The highest BCUT2D eigenvalue weighted by Crippen LogP contribution is 2.65. The van der Waals surface area contributed by atoms with Crippen LogP contribution in [-0.4, -0.2) is 29.2 Å². The number of carbonyl (C=O) groups excluding carboxylic acids is 3. The van der Waals surface area contributed by atoms with Gasteiger partial charge in [-0.2, -0.15) is 0 Å². The van der Waals surface area contributed by atoms with Gasteiger partial charge in [-0.05, 0) is 54.7 Å². The molecule has 6 rings (SSSR count). The number of hydrogen-bond donors (Lipinski definition) is 1. The van der Waals surface area contributed by atoms with Crippen LogP contribution in [-0.2, 0) is 14.4 Å². The lowest BCUT2D eigenvalue weighted by Gasteiger charge is -2.37. The van der Waals surface area contributed by atoms with E-state index in [4.69, 9.17) is 11.6 Å². The van der Waals surface area contributed by atoms with Crippen molar-refractivity contribution >= 4 is 35.0 Å². The number of amides is 3. The van der Waals surface area contributed by atoms with Crippen LogP contribution in [0.3, 0.4) is 0 Å². The van der Waals surface area contributed by atoms with E-state index in [-0.39, 0.29) is 54.4 Å². The van der Waals surface area contributed by atoms with Crippen molar-refractivity contribution in [2.45, 2.75) is 19.8 Å². The van der Waals surface area contributed by atoms with Crippen LogP contribution in [0.15, 0.2) is 30.4 Å². The van der Waals surface area contributed by atoms with Crippen LogP contribution in [0.1, 0.15) is 18.4 Å². The molecule has 4 aliphatic carbocycles. The lowest BCUT2D eigenvalue weighted by molar-refractivity contribution is -0.140. The Morgan fingerprint density at radius 3 is 2.41 bits per heavy atom. The first-order chi connectivity index (χ1) is 13.0. The molecule has 3 amide bonds. The molecule has 1 aliphatic heterocycles. The summed E-state index contributed by atoms with van der Waals surface area (Å²) < 4.78 is 0. The maximum absolute atomic E-state index is 12.9. The Morgan fingerprint density at radius 2 is 1.78 bits per heavy atom. The van der Waals surface area contributed by atoms with Crippen molar-refractivity contribution in [2.75, 3.05) is 11.9 Å². The Bertz CT molecular complexity index is 859. The molecule has 5 nitrogen and oxygen atoms in total. The molecule has 27 heavy (non-hydrogen) atoms. The van der Waals surface area contributed by atoms with Gasteiger partial charge in [0.15, 0.2) is 0 Å². The standard InChI is InChI=1S/C21H21ClN2O3/c1-10-2-3-11(22)8-16(10)23-17(25)6-7-24-20(26)18-12-4-5-13(15-9-14(12)15)19(18)21(24)27/h2-5,8,12-15,18-19H,6-7,9H2,1H3,(H,23,25)/t12-,13-,14-,15-,18-,19+/m0/s1. The number of likely N-dealkylation sites (tertiary alicyclic amines) is 1. The van der Waals surface area contributed by atoms with Crippen LogP contribution < -0.4 is 5.32 Å². The van der Waals surface area contributed by atoms with Crippen molar-refractivity contribution in [3.63, 3.8) is 0 Å². The molecule has 3 fully saturated rings. The molecule has 6 heteroatoms. The largest absolute Gasteiger partial charge is 0.326 e. The Morgan fingerprint density at radius 1 is 1.15 bits per heavy atom. The molecule has 1 aromatic carbocycles. The number of nitrogens with zero attached hydrogens (tertiary/aromatic N) is 1. The van der Waals surface area contributed by atoms with Crippen LogP contribution in [0.2, 0.25) is 5.02 Å². The molecular weight excluding hydrogens is 364 g/mol. The molecule has 0 unspecified atom stereocenters. The number of rotatable bonds is 4. The van der Waals surface area contributed by atoms with E-state index in [1.54, 1.807) is 12.1 Å². The number of halogens is 1. The normalized spacial score (nSPS) is 35.3. The quantitative estimate of drug-likeness (QED) is 0.641. The third-order valence-electron chi connectivity index (χ3n) is 6.79. The highest BCUT2D eigenvalue weighted by atomic mass is 35.5. The number of benzene rings is 1. The monoisotopic (exact) mass is 384 g/mol. The van der Waals surface area contributed by atoms with Crippen molar-refractivity contribution < 1.29 is 14.4 Å². The zero-order valence-corrected chi connectivity index (χ0v) is 15.8. The van der Waals surface area contributed by atoms with Crippen LogP contribution in [0.4, 0.5) is 5.69 Å². The zero-order valence-electron chi connectivity index (χ0n) is 15.0. The van der Waals surface area contributed by atoms with E-state index in [1.165, 1.54) is 4.90 Å². The number of hydrogen-bond acceptors (Lipinski definition) is 3. The molecule has 5 aliphatic rings. The average molecular weight is 385 g/mol. The van der Waals surface area contributed by atoms with Crippen molar-refractivity contribution in [3.8, 4) is 0 Å². The van der Waals surface area contributed by atoms with Crippen LogP contribution in [0.25, 0.3) is 0 Å². The van der Waals surface area contributed by atoms with Crippen molar-refractivity contribution in [1.29, 1.82) is 0 Å². The first-order valence-electron chi connectivity index (χ1n) is 9.55. The summed E-state index contributed by atoms with van der Waals surface area (Å²) in [5, 5.41) is 3.37. The van der Waals surface area contributed by atoms with Gasteiger partial charge in [-0.3, -0.25) is 19.3 Å². The molecule has 2 saturated carbocycles. The SMILES string of the molecule is Cc1ccc(Cl)cc1NC(=O)CCN1C(=O)[C@@H]2[C@H]3C=C[C@@H]([C@@H]4C[C@@H]34)[C@@H]2C1=O. The number of anilines is 1. The maximum Gasteiger partial charge on any atom is 0.233 e. The van der Waals surface area contributed by atoms with Gasteiger partial charge in [0, 0.05) is 23.7 Å². The summed E-state index contributed by atoms with van der Waals surface area (Å²) in [6.45, 7) is 2.03. The van der Waals surface area contributed by atoms with Gasteiger partial charge in [-0.15, -0.1) is 0 Å². The molecule has 140 valence electrons. The minimum Gasteiger partial charge on any atom is -0.326 e. The first-order valence-corrected chi connectivity index (χ1v) is 9.93. The van der Waals surface area contributed by atoms with E-state index in [2.05, 4.69) is 17.5 Å². The van der Waals surface area contributed by atoms with Gasteiger partial charge in [-0.25, -0.2) is 0 Å². The van der Waals surface area contributed by atoms with Crippen molar-refractivity contribution in [1.82, 2.24) is 4.90 Å². The molecular formula is C21H21ClN2O3. The molecule has 1 N–H and O–H groups in total. The summed E-state index contributed by atoms with van der Waals surface area (Å²) >= 11 is 5.98. The number of allylic oxidation sites excluding steroid dienone is 2. The predicted octanol–water partition coefficient (Wildman–Crippen LogP) is 3.03. The third kappa shape index (κ3) is 2.55. The summed E-state index contributed by atoms with van der Waals surface area (Å²) in [4.78, 5) is 39.5. The second-order valence-corrected chi connectivity index (χ2v) is 8.68. The van der Waals surface area contributed by atoms with Crippen molar-refractivity contribution in [2.24, 2.45) is 35.5 Å². The topological polar surface area (TPSA) is 66.5 Å². The van der Waals surface area contributed by atoms with Crippen LogP contribution >= 0.6 is 11.6 Å². The lowest BCUT2D eigenvalue weighted by Crippen LogP contribution is -2.40. The summed E-state index contributed by atoms with van der Waals surface area (Å²) in [7, 11) is 0. The van der Waals surface area contributed by atoms with E-state index >= 15 is 0 Å². The minimum absolute atomic E-state index is 0.0820. The number of nitrogens with one attached hydrogen (secondary N) is 1. The molecule has 0 radical (unpaired) electrons. The molecule has 1 heterocycles. The second kappa shape index (κ2) is 5.93. The van der Waals surface area contributed by atoms with Gasteiger partial charge < -0.3 is 5.32 Å². The van der Waals surface area contributed by atoms with Gasteiger partial charge in [0.2, 0.25) is 17.7 Å². The van der Waals surface area contributed by atoms with Gasteiger partial charge in [0.05, 0.1) is 11.8 Å². The summed E-state index contributed by atoms with van der Waals surface area (Å²) in [5.74, 6) is 0.828. The fraction of sp³-hybridized carbons (Fsp3) is 0.476. The number of carbonyl (C=O) groups is 3. The highest BCUT2D eigenvalue weighted by molar-refractivity contribution is 6.31. The first kappa shape index (κ1) is 17.0. The molecule has 2 bridgehead atoms. The van der Waals surface area contributed by atoms with E-state index < -0.39 is 0 Å². The molecule has 0 aromatic heterocycles. The van der Waals surface area contributed by atoms with E-state index in [1.807, 2.05) is 13.0 Å². The van der Waals surface area contributed by atoms with E-state index in [0.717, 1.165) is 12.0 Å². The zero-order chi connectivity index (χ0) is 18.9. The minimum atomic E-state index is -0.222. The van der Waals surface area contributed by atoms with Crippen molar-refractivity contribution in [3.05, 3.63) is 40.9 Å². The Balaban J connectivity index is 1.26. The molecule has 1 aromatic rings. The third-order valence-corrected chi connectivity index (χ3v) is 7.03. The Hall–Kier alpha value is -2.14. The van der Waals surface area contributed by atoms with Crippen LogP contribution in [0.5, 0.6) is 0 Å². The number of aryl methyl sites for hydroxylation is 1. The summed E-state index contributed by atoms with van der Waals surface area (Å²) in [5.41, 5.74) is 1.57. The van der Waals surface area contributed by atoms with E-state index in [9.17, 15) is 14.4 Å².